The van der Waals surface area contributed by atoms with Gasteiger partial charge in [0.15, 0.2) is 11.6 Å². The summed E-state index contributed by atoms with van der Waals surface area (Å²) in [5, 5.41) is 0. The summed E-state index contributed by atoms with van der Waals surface area (Å²) in [5.74, 6) is 2.54. The lowest BCUT2D eigenvalue weighted by molar-refractivity contribution is -0.133. The van der Waals surface area contributed by atoms with Gasteiger partial charge in [-0.25, -0.2) is 19.9 Å². The summed E-state index contributed by atoms with van der Waals surface area (Å²) in [5.41, 5.74) is 8.54. The highest BCUT2D eigenvalue weighted by molar-refractivity contribution is 8.01. The van der Waals surface area contributed by atoms with Gasteiger partial charge < -0.3 is 20.3 Å². The highest BCUT2D eigenvalue weighted by atomic mass is 32.2. The van der Waals surface area contributed by atoms with Crippen LogP contribution in [0.15, 0.2) is 12.4 Å². The molecule has 0 aliphatic carbocycles. The van der Waals surface area contributed by atoms with E-state index in [1.807, 2.05) is 4.90 Å². The Labute approximate surface area is 234 Å². The van der Waals surface area contributed by atoms with Gasteiger partial charge in [-0.3, -0.25) is 13.9 Å². The molecule has 0 radical (unpaired) electrons. The van der Waals surface area contributed by atoms with Crippen molar-refractivity contribution in [2.75, 3.05) is 81.4 Å². The molecule has 3 aromatic heterocycles. The van der Waals surface area contributed by atoms with Crippen molar-refractivity contribution in [3.63, 3.8) is 0 Å². The SMILES string of the molecule is Cc1c(CN2CCN(C(=O)CCC[SH](C)(C)=O)CC2)sc2c(N3CCOCC3)nc(-c3cnc(N)nc3)nc12. The molecule has 5 rings (SSSR count). The Morgan fingerprint density at radius 3 is 2.44 bits per heavy atom. The zero-order valence-electron chi connectivity index (χ0n) is 22.9. The Balaban J connectivity index is 1.33. The van der Waals surface area contributed by atoms with Gasteiger partial charge in [0, 0.05) is 75.3 Å². The summed E-state index contributed by atoms with van der Waals surface area (Å²) in [6, 6.07) is 0. The molecule has 3 aromatic rings. The molecule has 0 atom stereocenters. The van der Waals surface area contributed by atoms with Crippen LogP contribution in [0.5, 0.6) is 0 Å². The minimum Gasteiger partial charge on any atom is -0.378 e. The zero-order chi connectivity index (χ0) is 27.6. The number of nitrogens with zero attached hydrogens (tertiary/aromatic N) is 7. The maximum absolute atomic E-state index is 12.7. The Morgan fingerprint density at radius 2 is 1.77 bits per heavy atom. The number of ether oxygens (including phenoxy) is 1. The van der Waals surface area contributed by atoms with Gasteiger partial charge in [-0.15, -0.1) is 21.3 Å². The highest BCUT2D eigenvalue weighted by Gasteiger charge is 2.25. The first-order chi connectivity index (χ1) is 18.7. The number of carbonyl (C=O) groups is 1. The van der Waals surface area contributed by atoms with E-state index in [0.717, 1.165) is 73.0 Å². The van der Waals surface area contributed by atoms with Crippen LogP contribution in [0.4, 0.5) is 11.8 Å². The number of anilines is 2. The van der Waals surface area contributed by atoms with Crippen molar-refractivity contribution in [3.05, 3.63) is 22.8 Å². The predicted molar refractivity (Wildman–Crippen MR) is 158 cm³/mol. The third-order valence-corrected chi connectivity index (χ3v) is 9.92. The largest absolute Gasteiger partial charge is 0.378 e. The number of nitrogens with two attached hydrogens (primary N) is 1. The summed E-state index contributed by atoms with van der Waals surface area (Å²) in [6.45, 7) is 8.94. The second-order valence-corrected chi connectivity index (χ2v) is 15.4. The second kappa shape index (κ2) is 11.8. The fourth-order valence-corrected chi connectivity index (χ4v) is 7.19. The number of morpholine rings is 1. The van der Waals surface area contributed by atoms with E-state index in [1.165, 1.54) is 4.88 Å². The highest BCUT2D eigenvalue weighted by Crippen LogP contribution is 2.38. The van der Waals surface area contributed by atoms with E-state index in [-0.39, 0.29) is 11.9 Å². The molecule has 11 nitrogen and oxygen atoms in total. The normalized spacial score (nSPS) is 17.6. The number of hydrogen-bond donors (Lipinski definition) is 2. The van der Waals surface area contributed by atoms with Crippen LogP contribution in [0.25, 0.3) is 21.6 Å². The van der Waals surface area contributed by atoms with Crippen molar-refractivity contribution in [3.8, 4) is 11.4 Å². The monoisotopic (exact) mass is 574 g/mol. The number of rotatable bonds is 8. The molecule has 0 saturated carbocycles. The number of thiol groups is 1. The molecule has 2 aliphatic rings. The average Bonchev–Trinajstić information content (AvgIpc) is 3.23. The summed E-state index contributed by atoms with van der Waals surface area (Å²) >= 11 is 1.76. The van der Waals surface area contributed by atoms with Gasteiger partial charge >= 0.3 is 0 Å². The third-order valence-electron chi connectivity index (χ3n) is 7.27. The van der Waals surface area contributed by atoms with Crippen LogP contribution in [-0.4, -0.2) is 111 Å². The van der Waals surface area contributed by atoms with E-state index in [0.29, 0.717) is 37.6 Å². The number of amides is 1. The van der Waals surface area contributed by atoms with Gasteiger partial charge in [-0.05, 0) is 31.4 Å². The van der Waals surface area contributed by atoms with Crippen LogP contribution in [0, 0.1) is 6.92 Å². The van der Waals surface area contributed by atoms with Gasteiger partial charge in [0.2, 0.25) is 11.9 Å². The van der Waals surface area contributed by atoms with Crippen molar-refractivity contribution >= 4 is 49.2 Å². The molecular formula is C26H38N8O3S2. The molecule has 2 fully saturated rings. The summed E-state index contributed by atoms with van der Waals surface area (Å²) in [4.78, 5) is 38.7. The first-order valence-electron chi connectivity index (χ1n) is 13.4. The summed E-state index contributed by atoms with van der Waals surface area (Å²) in [6.07, 6.45) is 8.08. The minimum absolute atomic E-state index is 0.172. The number of hydrogen-bond acceptors (Lipinski definition) is 11. The maximum atomic E-state index is 12.7. The predicted octanol–water partition coefficient (Wildman–Crippen LogP) is 1.58. The van der Waals surface area contributed by atoms with Crippen LogP contribution in [0.3, 0.4) is 0 Å². The Bertz CT molecular complexity index is 1360. The molecule has 212 valence electrons. The lowest BCUT2D eigenvalue weighted by atomic mass is 10.2. The third kappa shape index (κ3) is 6.71. The van der Waals surface area contributed by atoms with Crippen LogP contribution >= 0.6 is 11.3 Å². The quantitative estimate of drug-likeness (QED) is 0.382. The van der Waals surface area contributed by atoms with Crippen LogP contribution < -0.4 is 10.6 Å². The first kappa shape index (κ1) is 27.8. The van der Waals surface area contributed by atoms with E-state index in [1.54, 1.807) is 36.2 Å². The molecule has 0 spiro atoms. The minimum atomic E-state index is -2.07. The molecule has 2 aliphatic heterocycles. The second-order valence-electron chi connectivity index (χ2n) is 10.7. The van der Waals surface area contributed by atoms with Crippen LogP contribution in [0.1, 0.15) is 23.3 Å². The van der Waals surface area contributed by atoms with E-state index in [9.17, 15) is 9.00 Å². The number of thiophene rings is 1. The summed E-state index contributed by atoms with van der Waals surface area (Å²) < 4.78 is 18.6. The standard InChI is InChI=1S/C26H38N8O3S2/c1-18-20(17-32-6-8-33(9-7-32)21(35)5-4-14-39(2,3)36)38-23-22(18)30-24(19-15-28-26(27)29-16-19)31-25(23)34-10-12-37-13-11-34/h15-16,39H,4-14,17H2,1-3H3,(H2,27,28,29). The topological polar surface area (TPSA) is 131 Å². The number of fused-ring (bicyclic) bond motifs is 1. The van der Waals surface area contributed by atoms with Crippen molar-refractivity contribution in [2.24, 2.45) is 0 Å². The van der Waals surface area contributed by atoms with Gasteiger partial charge in [-0.1, -0.05) is 0 Å². The Kier molecular flexibility index (Phi) is 8.40. The van der Waals surface area contributed by atoms with Gasteiger partial charge in [0.1, 0.15) is 0 Å². The first-order valence-corrected chi connectivity index (χ1v) is 17.0. The molecule has 13 heteroatoms. The molecule has 0 aromatic carbocycles. The zero-order valence-corrected chi connectivity index (χ0v) is 24.6. The molecule has 2 N–H and O–H groups in total. The summed E-state index contributed by atoms with van der Waals surface area (Å²) in [7, 11) is -2.07. The van der Waals surface area contributed by atoms with Crippen LogP contribution in [0.2, 0.25) is 0 Å². The van der Waals surface area contributed by atoms with Gasteiger partial charge in [0.25, 0.3) is 0 Å². The molecule has 0 bridgehead atoms. The van der Waals surface area contributed by atoms with Crippen molar-refractivity contribution < 1.29 is 13.7 Å². The van der Waals surface area contributed by atoms with Gasteiger partial charge in [-0.2, -0.15) is 0 Å². The molecule has 1 amide bonds. The van der Waals surface area contributed by atoms with E-state index >= 15 is 0 Å². The van der Waals surface area contributed by atoms with E-state index in [4.69, 9.17) is 20.4 Å². The van der Waals surface area contributed by atoms with E-state index in [2.05, 4.69) is 26.7 Å². The Morgan fingerprint density at radius 1 is 1.08 bits per heavy atom. The molecular weight excluding hydrogens is 536 g/mol. The average molecular weight is 575 g/mol. The van der Waals surface area contributed by atoms with Crippen LogP contribution in [-0.2, 0) is 26.0 Å². The lowest BCUT2D eigenvalue weighted by Crippen LogP contribution is -2.48. The number of carbonyl (C=O) groups excluding carboxylic acids is 1. The molecule has 39 heavy (non-hydrogen) atoms. The molecule has 2 saturated heterocycles. The fourth-order valence-electron chi connectivity index (χ4n) is 4.97. The maximum Gasteiger partial charge on any atom is 0.222 e. The number of aryl methyl sites for hydroxylation is 1. The van der Waals surface area contributed by atoms with E-state index < -0.39 is 9.93 Å². The van der Waals surface area contributed by atoms with Gasteiger partial charge in [0.05, 0.1) is 29.0 Å². The smallest absolute Gasteiger partial charge is 0.222 e. The number of nitrogen functional groups attached to an aromatic ring is 1. The number of piperazine rings is 1. The number of aromatic nitrogens is 4. The van der Waals surface area contributed by atoms with Crippen molar-refractivity contribution in [1.82, 2.24) is 29.7 Å². The lowest BCUT2D eigenvalue weighted by Gasteiger charge is -2.34. The van der Waals surface area contributed by atoms with Crippen molar-refractivity contribution in [2.45, 2.75) is 26.3 Å². The fraction of sp³-hybridized carbons (Fsp3) is 0.577. The van der Waals surface area contributed by atoms with Crippen molar-refractivity contribution in [1.29, 1.82) is 0 Å². The molecule has 5 heterocycles. The Hall–Kier alpha value is -2.74. The molecule has 0 unspecified atom stereocenters.